The zero-order valence-corrected chi connectivity index (χ0v) is 13.2. The third-order valence-electron chi connectivity index (χ3n) is 3.99. The number of pyridine rings is 1. The van der Waals surface area contributed by atoms with Gasteiger partial charge >= 0.3 is 0 Å². The van der Waals surface area contributed by atoms with E-state index in [0.29, 0.717) is 12.5 Å². The van der Waals surface area contributed by atoms with Crippen molar-refractivity contribution in [1.29, 1.82) is 0 Å². The molecule has 4 rings (SSSR count). The molecule has 0 bridgehead atoms. The number of nitrogens with zero attached hydrogens (tertiary/aromatic N) is 1. The highest BCUT2D eigenvalue weighted by molar-refractivity contribution is 5.95. The van der Waals surface area contributed by atoms with Crippen LogP contribution in [0.3, 0.4) is 0 Å². The van der Waals surface area contributed by atoms with Crippen LogP contribution in [0.4, 0.5) is 0 Å². The highest BCUT2D eigenvalue weighted by Gasteiger charge is 2.09. The lowest BCUT2D eigenvalue weighted by Gasteiger charge is -2.11. The number of hydrogen-bond acceptors (Lipinski definition) is 2. The third-order valence-corrected chi connectivity index (χ3v) is 3.99. The molecule has 24 heavy (non-hydrogen) atoms. The average Bonchev–Trinajstić information content (AvgIpc) is 2.67. The molecule has 0 atom stereocenters. The van der Waals surface area contributed by atoms with E-state index in [1.807, 2.05) is 54.6 Å². The maximum Gasteiger partial charge on any atom is 0.214 e. The summed E-state index contributed by atoms with van der Waals surface area (Å²) in [6.45, 7) is 0.514. The molecule has 0 aliphatic heterocycles. The second kappa shape index (κ2) is 6.55. The van der Waals surface area contributed by atoms with Gasteiger partial charge in [0.1, 0.15) is 6.61 Å². The average molecular weight is 311 g/mol. The quantitative estimate of drug-likeness (QED) is 0.498. The lowest BCUT2D eigenvalue weighted by Crippen LogP contribution is -1.98. The standard InChI is InChI=1S/C22H17NO/c1-3-9-17(10-4-1)16-24-21-15-19-13-7-8-14-20(19)22(23-21)18-11-5-2-6-12-18/h1-15H,16H2. The second-order valence-corrected chi connectivity index (χ2v) is 5.67. The van der Waals surface area contributed by atoms with E-state index in [9.17, 15) is 0 Å². The molecule has 0 spiro atoms. The van der Waals surface area contributed by atoms with Crippen LogP contribution < -0.4 is 4.74 Å². The van der Waals surface area contributed by atoms with Crippen LogP contribution in [-0.2, 0) is 6.61 Å². The molecule has 0 saturated carbocycles. The topological polar surface area (TPSA) is 22.1 Å². The molecule has 4 aromatic rings. The molecule has 0 amide bonds. The number of benzene rings is 3. The number of hydrogen-bond donors (Lipinski definition) is 0. The summed E-state index contributed by atoms with van der Waals surface area (Å²) in [5, 5.41) is 2.27. The molecule has 0 unspecified atom stereocenters. The van der Waals surface area contributed by atoms with Gasteiger partial charge in [-0.15, -0.1) is 0 Å². The Balaban J connectivity index is 1.74. The summed E-state index contributed by atoms with van der Waals surface area (Å²) in [5.41, 5.74) is 3.18. The minimum absolute atomic E-state index is 0.514. The Bertz CT molecular complexity index is 949. The van der Waals surface area contributed by atoms with Crippen molar-refractivity contribution in [1.82, 2.24) is 4.98 Å². The fraction of sp³-hybridized carbons (Fsp3) is 0.0455. The molecule has 1 aromatic heterocycles. The minimum Gasteiger partial charge on any atom is -0.473 e. The molecule has 3 aromatic carbocycles. The summed E-state index contributed by atoms with van der Waals surface area (Å²) in [5.74, 6) is 0.649. The Morgan fingerprint density at radius 1 is 0.708 bits per heavy atom. The molecule has 2 nitrogen and oxygen atoms in total. The third kappa shape index (κ3) is 2.99. The Hall–Kier alpha value is -3.13. The van der Waals surface area contributed by atoms with Gasteiger partial charge in [-0.3, -0.25) is 0 Å². The van der Waals surface area contributed by atoms with Gasteiger partial charge in [0.25, 0.3) is 0 Å². The molecule has 0 aliphatic rings. The Morgan fingerprint density at radius 2 is 1.38 bits per heavy atom. The van der Waals surface area contributed by atoms with E-state index in [-0.39, 0.29) is 0 Å². The first-order chi connectivity index (χ1) is 11.9. The van der Waals surface area contributed by atoms with E-state index in [1.54, 1.807) is 0 Å². The van der Waals surface area contributed by atoms with Crippen LogP contribution in [0.15, 0.2) is 91.0 Å². The van der Waals surface area contributed by atoms with Gasteiger partial charge in [0.15, 0.2) is 0 Å². The summed E-state index contributed by atoms with van der Waals surface area (Å²) in [7, 11) is 0. The zero-order valence-electron chi connectivity index (χ0n) is 13.2. The van der Waals surface area contributed by atoms with Gasteiger partial charge in [0, 0.05) is 17.0 Å². The van der Waals surface area contributed by atoms with Gasteiger partial charge in [0.2, 0.25) is 5.88 Å². The van der Waals surface area contributed by atoms with Gasteiger partial charge in [0.05, 0.1) is 5.69 Å². The molecule has 116 valence electrons. The van der Waals surface area contributed by atoms with Crippen molar-refractivity contribution in [2.45, 2.75) is 6.61 Å². The van der Waals surface area contributed by atoms with Crippen molar-refractivity contribution in [2.24, 2.45) is 0 Å². The van der Waals surface area contributed by atoms with Gasteiger partial charge in [-0.1, -0.05) is 84.9 Å². The van der Waals surface area contributed by atoms with E-state index < -0.39 is 0 Å². The monoisotopic (exact) mass is 311 g/mol. The Kier molecular flexibility index (Phi) is 3.95. The molecule has 1 heterocycles. The first kappa shape index (κ1) is 14.5. The van der Waals surface area contributed by atoms with Crippen LogP contribution in [0.5, 0.6) is 5.88 Å². The second-order valence-electron chi connectivity index (χ2n) is 5.67. The van der Waals surface area contributed by atoms with Crippen LogP contribution >= 0.6 is 0 Å². The van der Waals surface area contributed by atoms with Crippen molar-refractivity contribution in [2.75, 3.05) is 0 Å². The van der Waals surface area contributed by atoms with Crippen molar-refractivity contribution < 1.29 is 4.74 Å². The van der Waals surface area contributed by atoms with Crippen molar-refractivity contribution >= 4 is 10.8 Å². The maximum absolute atomic E-state index is 5.95. The SMILES string of the molecule is c1ccc(COc2cc3ccccc3c(-c3ccccc3)n2)cc1. The molecular weight excluding hydrogens is 294 g/mol. The van der Waals surface area contributed by atoms with E-state index in [4.69, 9.17) is 9.72 Å². The molecule has 0 fully saturated rings. The molecule has 0 radical (unpaired) electrons. The van der Waals surface area contributed by atoms with Crippen molar-refractivity contribution in [3.63, 3.8) is 0 Å². The lowest BCUT2D eigenvalue weighted by molar-refractivity contribution is 0.295. The summed E-state index contributed by atoms with van der Waals surface area (Å²) in [6.07, 6.45) is 0. The predicted molar refractivity (Wildman–Crippen MR) is 98.0 cm³/mol. The summed E-state index contributed by atoms with van der Waals surface area (Å²) in [4.78, 5) is 4.76. The fourth-order valence-electron chi connectivity index (χ4n) is 2.80. The summed E-state index contributed by atoms with van der Waals surface area (Å²) in [6, 6.07) is 30.7. The van der Waals surface area contributed by atoms with E-state index in [1.165, 1.54) is 0 Å². The van der Waals surface area contributed by atoms with E-state index in [2.05, 4.69) is 36.4 Å². The van der Waals surface area contributed by atoms with Crippen LogP contribution in [0.1, 0.15) is 5.56 Å². The molecular formula is C22H17NO. The minimum atomic E-state index is 0.514. The van der Waals surface area contributed by atoms with Gasteiger partial charge < -0.3 is 4.74 Å². The van der Waals surface area contributed by atoms with Crippen LogP contribution in [0.25, 0.3) is 22.0 Å². The fourth-order valence-corrected chi connectivity index (χ4v) is 2.80. The van der Waals surface area contributed by atoms with E-state index in [0.717, 1.165) is 27.6 Å². The van der Waals surface area contributed by atoms with Gasteiger partial charge in [-0.25, -0.2) is 4.98 Å². The smallest absolute Gasteiger partial charge is 0.214 e. The van der Waals surface area contributed by atoms with E-state index >= 15 is 0 Å². The number of fused-ring (bicyclic) bond motifs is 1. The molecule has 2 heteroatoms. The molecule has 0 N–H and O–H groups in total. The summed E-state index contributed by atoms with van der Waals surface area (Å²) >= 11 is 0. The number of rotatable bonds is 4. The maximum atomic E-state index is 5.95. The number of ether oxygens (including phenoxy) is 1. The molecule has 0 aliphatic carbocycles. The summed E-state index contributed by atoms with van der Waals surface area (Å²) < 4.78 is 5.95. The first-order valence-electron chi connectivity index (χ1n) is 8.02. The highest BCUT2D eigenvalue weighted by atomic mass is 16.5. The zero-order chi connectivity index (χ0) is 16.2. The Labute approximate surface area is 141 Å². The van der Waals surface area contributed by atoms with Crippen LogP contribution in [0.2, 0.25) is 0 Å². The van der Waals surface area contributed by atoms with Crippen LogP contribution in [0, 0.1) is 0 Å². The normalized spacial score (nSPS) is 10.7. The van der Waals surface area contributed by atoms with Gasteiger partial charge in [-0.05, 0) is 10.9 Å². The largest absolute Gasteiger partial charge is 0.473 e. The first-order valence-corrected chi connectivity index (χ1v) is 8.02. The van der Waals surface area contributed by atoms with Gasteiger partial charge in [-0.2, -0.15) is 0 Å². The number of aromatic nitrogens is 1. The predicted octanol–water partition coefficient (Wildman–Crippen LogP) is 5.48. The highest BCUT2D eigenvalue weighted by Crippen LogP contribution is 2.30. The van der Waals surface area contributed by atoms with Crippen molar-refractivity contribution in [3.8, 4) is 17.1 Å². The molecule has 0 saturated heterocycles. The Morgan fingerprint density at radius 3 is 2.17 bits per heavy atom. The lowest BCUT2D eigenvalue weighted by atomic mass is 10.0. The van der Waals surface area contributed by atoms with Crippen molar-refractivity contribution in [3.05, 3.63) is 96.6 Å². The van der Waals surface area contributed by atoms with Crippen LogP contribution in [-0.4, -0.2) is 4.98 Å².